The molecule has 96 valence electrons. The first-order valence-corrected chi connectivity index (χ1v) is 5.12. The van der Waals surface area contributed by atoms with Crippen molar-refractivity contribution in [2.45, 2.75) is 18.6 Å². The molecule has 0 saturated carbocycles. The molecule has 2 atom stereocenters. The fourth-order valence-corrected chi connectivity index (χ4v) is 1.67. The molecule has 0 aromatic rings. The number of nitrogens with one attached hydrogen (secondary N) is 1. The van der Waals surface area contributed by atoms with Crippen molar-refractivity contribution in [1.29, 1.82) is 0 Å². The topological polar surface area (TPSA) is 133 Å². The van der Waals surface area contributed by atoms with E-state index in [2.05, 4.69) is 5.32 Å². The number of amides is 2. The fourth-order valence-electron chi connectivity index (χ4n) is 1.67. The Hall–Kier alpha value is -1.67. The van der Waals surface area contributed by atoms with E-state index in [1.54, 1.807) is 0 Å². The Balaban J connectivity index is 2.55. The van der Waals surface area contributed by atoms with Crippen molar-refractivity contribution in [3.05, 3.63) is 0 Å². The number of aliphatic hydroxyl groups excluding tert-OH is 1. The molecule has 1 rings (SSSR count). The molecule has 0 bridgehead atoms. The minimum atomic E-state index is -1.17. The SMILES string of the molecule is NCC(=O)NCC(=O)N1CC(O)C[C@H]1C(=O)O. The molecule has 0 aromatic carbocycles. The van der Waals surface area contributed by atoms with Gasteiger partial charge in [0.1, 0.15) is 6.04 Å². The average molecular weight is 245 g/mol. The van der Waals surface area contributed by atoms with Gasteiger partial charge in [0.2, 0.25) is 11.8 Å². The smallest absolute Gasteiger partial charge is 0.326 e. The molecule has 0 radical (unpaired) electrons. The number of carboxylic acids is 1. The highest BCUT2D eigenvalue weighted by Crippen LogP contribution is 2.17. The van der Waals surface area contributed by atoms with Crippen molar-refractivity contribution in [2.75, 3.05) is 19.6 Å². The number of aliphatic hydroxyl groups is 1. The lowest BCUT2D eigenvalue weighted by molar-refractivity contribution is -0.148. The van der Waals surface area contributed by atoms with Gasteiger partial charge in [-0.1, -0.05) is 0 Å². The summed E-state index contributed by atoms with van der Waals surface area (Å²) in [5.74, 6) is -2.21. The lowest BCUT2D eigenvalue weighted by Gasteiger charge is -2.21. The molecule has 2 amide bonds. The molecule has 0 aromatic heterocycles. The zero-order valence-electron chi connectivity index (χ0n) is 9.13. The lowest BCUT2D eigenvalue weighted by atomic mass is 10.2. The van der Waals surface area contributed by atoms with Crippen LogP contribution in [0, 0.1) is 0 Å². The van der Waals surface area contributed by atoms with Gasteiger partial charge in [0.05, 0.1) is 19.2 Å². The zero-order valence-corrected chi connectivity index (χ0v) is 9.13. The van der Waals surface area contributed by atoms with Crippen LogP contribution in [0.1, 0.15) is 6.42 Å². The van der Waals surface area contributed by atoms with E-state index in [9.17, 15) is 19.5 Å². The van der Waals surface area contributed by atoms with Crippen LogP contribution in [0.15, 0.2) is 0 Å². The molecule has 8 nitrogen and oxygen atoms in total. The summed E-state index contributed by atoms with van der Waals surface area (Å²) in [5.41, 5.74) is 5.04. The Morgan fingerprint density at radius 3 is 2.59 bits per heavy atom. The van der Waals surface area contributed by atoms with Crippen LogP contribution in [-0.4, -0.2) is 64.7 Å². The summed E-state index contributed by atoms with van der Waals surface area (Å²) in [6, 6.07) is -1.03. The van der Waals surface area contributed by atoms with Gasteiger partial charge >= 0.3 is 5.97 Å². The highest BCUT2D eigenvalue weighted by molar-refractivity contribution is 5.88. The third kappa shape index (κ3) is 3.40. The molecule has 1 saturated heterocycles. The largest absolute Gasteiger partial charge is 0.480 e. The van der Waals surface area contributed by atoms with Gasteiger partial charge in [0.15, 0.2) is 0 Å². The van der Waals surface area contributed by atoms with Gasteiger partial charge in [-0.25, -0.2) is 4.79 Å². The van der Waals surface area contributed by atoms with Crippen molar-refractivity contribution < 1.29 is 24.6 Å². The van der Waals surface area contributed by atoms with Crippen molar-refractivity contribution in [3.8, 4) is 0 Å². The third-order valence-corrected chi connectivity index (χ3v) is 2.51. The molecule has 0 spiro atoms. The highest BCUT2D eigenvalue weighted by atomic mass is 16.4. The second-order valence-corrected chi connectivity index (χ2v) is 3.77. The number of likely N-dealkylation sites (tertiary alicyclic amines) is 1. The molecular formula is C9H15N3O5. The van der Waals surface area contributed by atoms with E-state index in [4.69, 9.17) is 10.8 Å². The van der Waals surface area contributed by atoms with Crippen molar-refractivity contribution in [2.24, 2.45) is 5.73 Å². The van der Waals surface area contributed by atoms with Gasteiger partial charge in [-0.2, -0.15) is 0 Å². The Morgan fingerprint density at radius 2 is 2.06 bits per heavy atom. The number of carboxylic acid groups (broad SMARTS) is 1. The van der Waals surface area contributed by atoms with Crippen LogP contribution < -0.4 is 11.1 Å². The van der Waals surface area contributed by atoms with E-state index >= 15 is 0 Å². The summed E-state index contributed by atoms with van der Waals surface area (Å²) in [5, 5.41) is 20.4. The van der Waals surface area contributed by atoms with Crippen LogP contribution in [0.2, 0.25) is 0 Å². The molecule has 8 heteroatoms. The van der Waals surface area contributed by atoms with E-state index in [0.717, 1.165) is 4.90 Å². The average Bonchev–Trinajstić information content (AvgIpc) is 2.67. The summed E-state index contributed by atoms with van der Waals surface area (Å²) < 4.78 is 0. The van der Waals surface area contributed by atoms with E-state index in [1.165, 1.54) is 0 Å². The maximum atomic E-state index is 11.6. The first-order valence-electron chi connectivity index (χ1n) is 5.12. The van der Waals surface area contributed by atoms with Crippen molar-refractivity contribution in [1.82, 2.24) is 10.2 Å². The number of carbonyl (C=O) groups is 3. The molecule has 0 aliphatic carbocycles. The second-order valence-electron chi connectivity index (χ2n) is 3.77. The van der Waals surface area contributed by atoms with Crippen molar-refractivity contribution in [3.63, 3.8) is 0 Å². The summed E-state index contributed by atoms with van der Waals surface area (Å²) in [6.45, 7) is -0.584. The number of rotatable bonds is 4. The number of β-amino-alcohol motifs (C(OH)–C–C–N with tert-alkyl or cyclic N) is 1. The number of hydrogen-bond donors (Lipinski definition) is 4. The monoisotopic (exact) mass is 245 g/mol. The van der Waals surface area contributed by atoms with Crippen LogP contribution in [0.5, 0.6) is 0 Å². The maximum Gasteiger partial charge on any atom is 0.326 e. The second kappa shape index (κ2) is 5.60. The van der Waals surface area contributed by atoms with Gasteiger partial charge in [0, 0.05) is 13.0 Å². The van der Waals surface area contributed by atoms with Gasteiger partial charge < -0.3 is 26.2 Å². The molecule has 1 fully saturated rings. The Morgan fingerprint density at radius 1 is 1.41 bits per heavy atom. The van der Waals surface area contributed by atoms with E-state index in [1.807, 2.05) is 0 Å². The number of aliphatic carboxylic acids is 1. The van der Waals surface area contributed by atoms with Gasteiger partial charge in [0.25, 0.3) is 0 Å². The van der Waals surface area contributed by atoms with Crippen molar-refractivity contribution >= 4 is 17.8 Å². The van der Waals surface area contributed by atoms with Gasteiger partial charge in [-0.15, -0.1) is 0 Å². The first-order chi connectivity index (χ1) is 7.95. The standard InChI is InChI=1S/C9H15N3O5/c10-2-7(14)11-3-8(15)12-4-5(13)1-6(12)9(16)17/h5-6,13H,1-4,10H2,(H,11,14)(H,16,17)/t5?,6-/m0/s1. The summed E-state index contributed by atoms with van der Waals surface area (Å²) in [4.78, 5) is 34.3. The van der Waals surface area contributed by atoms with Crippen LogP contribution in [0.3, 0.4) is 0 Å². The third-order valence-electron chi connectivity index (χ3n) is 2.51. The van der Waals surface area contributed by atoms with Gasteiger partial charge in [-0.05, 0) is 0 Å². The normalized spacial score (nSPS) is 23.5. The van der Waals surface area contributed by atoms with E-state index < -0.39 is 29.9 Å². The van der Waals surface area contributed by atoms with E-state index in [0.29, 0.717) is 0 Å². The molecule has 17 heavy (non-hydrogen) atoms. The quantitative estimate of drug-likeness (QED) is 0.420. The molecule has 1 aliphatic rings. The minimum Gasteiger partial charge on any atom is -0.480 e. The molecule has 1 unspecified atom stereocenters. The number of nitrogens with zero attached hydrogens (tertiary/aromatic N) is 1. The lowest BCUT2D eigenvalue weighted by Crippen LogP contribution is -2.46. The predicted molar refractivity (Wildman–Crippen MR) is 55.8 cm³/mol. The number of nitrogens with two attached hydrogens (primary N) is 1. The van der Waals surface area contributed by atoms with Crippen LogP contribution in [0.25, 0.3) is 0 Å². The minimum absolute atomic E-state index is 0.00586. The van der Waals surface area contributed by atoms with Crippen LogP contribution in [-0.2, 0) is 14.4 Å². The molecule has 1 heterocycles. The Labute approximate surface area is 97.4 Å². The zero-order chi connectivity index (χ0) is 13.0. The molecule has 1 aliphatic heterocycles. The summed E-state index contributed by atoms with van der Waals surface area (Å²) in [7, 11) is 0. The van der Waals surface area contributed by atoms with Crippen LogP contribution in [0.4, 0.5) is 0 Å². The Kier molecular flexibility index (Phi) is 4.41. The van der Waals surface area contributed by atoms with Gasteiger partial charge in [-0.3, -0.25) is 9.59 Å². The Bertz CT molecular complexity index is 333. The molecular weight excluding hydrogens is 230 g/mol. The van der Waals surface area contributed by atoms with E-state index in [-0.39, 0.29) is 26.1 Å². The van der Waals surface area contributed by atoms with Crippen LogP contribution >= 0.6 is 0 Å². The maximum absolute atomic E-state index is 11.6. The number of carbonyl (C=O) groups excluding carboxylic acids is 2. The molecule has 5 N–H and O–H groups in total. The first kappa shape index (κ1) is 13.4. The summed E-state index contributed by atoms with van der Waals surface area (Å²) in [6.07, 6.45) is -0.836. The highest BCUT2D eigenvalue weighted by Gasteiger charge is 2.38. The number of hydrogen-bond acceptors (Lipinski definition) is 5. The predicted octanol–water partition coefficient (Wildman–Crippen LogP) is -2.89. The summed E-state index contributed by atoms with van der Waals surface area (Å²) >= 11 is 0. The fraction of sp³-hybridized carbons (Fsp3) is 0.667.